The zero-order valence-electron chi connectivity index (χ0n) is 22.1. The summed E-state index contributed by atoms with van der Waals surface area (Å²) >= 11 is 14.2. The number of nitriles is 1. The Hall–Kier alpha value is -3.17. The van der Waals surface area contributed by atoms with Crippen LogP contribution in [0.4, 0.5) is 5.69 Å². The van der Waals surface area contributed by atoms with Gasteiger partial charge in [-0.3, -0.25) is 9.69 Å². The van der Waals surface area contributed by atoms with Crippen LogP contribution in [0.5, 0.6) is 0 Å². The molecule has 0 spiro atoms. The van der Waals surface area contributed by atoms with E-state index in [9.17, 15) is 10.1 Å². The molecule has 198 valence electrons. The van der Waals surface area contributed by atoms with E-state index in [1.54, 1.807) is 23.9 Å². The number of thioether (sulfide) groups is 1. The maximum atomic E-state index is 13.6. The Balaban J connectivity index is 1.64. The van der Waals surface area contributed by atoms with Crippen LogP contribution in [-0.4, -0.2) is 5.78 Å². The normalized spacial score (nSPS) is 17.4. The van der Waals surface area contributed by atoms with E-state index >= 15 is 0 Å². The summed E-state index contributed by atoms with van der Waals surface area (Å²) in [4.78, 5) is 16.4. The highest BCUT2D eigenvalue weighted by molar-refractivity contribution is 7.98. The van der Waals surface area contributed by atoms with Crippen molar-refractivity contribution in [3.8, 4) is 6.07 Å². The molecule has 0 fully saturated rings. The number of Topliss-reactive ketones (excluding diaryl/α,β-unsaturated/α-hetero) is 1. The first-order valence-electron chi connectivity index (χ1n) is 12.9. The monoisotopic (exact) mass is 573 g/mol. The first-order valence-corrected chi connectivity index (χ1v) is 14.6. The van der Waals surface area contributed by atoms with Gasteiger partial charge in [-0.2, -0.15) is 5.26 Å². The fourth-order valence-corrected chi connectivity index (χ4v) is 7.16. The summed E-state index contributed by atoms with van der Waals surface area (Å²) in [5.41, 5.74) is 14.9. The molecule has 1 aliphatic carbocycles. The summed E-state index contributed by atoms with van der Waals surface area (Å²) < 4.78 is 0. The van der Waals surface area contributed by atoms with Crippen molar-refractivity contribution in [3.63, 3.8) is 0 Å². The van der Waals surface area contributed by atoms with Crippen LogP contribution in [-0.2, 0) is 10.5 Å². The Morgan fingerprint density at radius 1 is 1.05 bits per heavy atom. The summed E-state index contributed by atoms with van der Waals surface area (Å²) in [7, 11) is 0. The van der Waals surface area contributed by atoms with Gasteiger partial charge in [-0.1, -0.05) is 53.0 Å². The molecule has 7 heteroatoms. The summed E-state index contributed by atoms with van der Waals surface area (Å²) in [5.74, 6) is 0.645. The lowest BCUT2D eigenvalue weighted by Gasteiger charge is -2.40. The fourth-order valence-electron chi connectivity index (χ4n) is 5.62. The van der Waals surface area contributed by atoms with Crippen LogP contribution in [0.25, 0.3) is 0 Å². The van der Waals surface area contributed by atoms with Gasteiger partial charge in [0.2, 0.25) is 0 Å². The molecule has 39 heavy (non-hydrogen) atoms. The van der Waals surface area contributed by atoms with E-state index in [-0.39, 0.29) is 5.78 Å². The third-order valence-electron chi connectivity index (χ3n) is 7.46. The van der Waals surface area contributed by atoms with Gasteiger partial charge in [0, 0.05) is 39.0 Å². The Kier molecular flexibility index (Phi) is 7.82. The molecule has 2 N–H and O–H groups in total. The standard InChI is InChI=1S/C32H29Cl2N3OS/c1-18-6-4-7-23(13-18)37-27-8-5-9-28(38)31(27)30(25(16-35)32(37)36)24-14-19(2)12-21(20(24)3)17-39-29-15-22(33)10-11-26(29)34/h4,6-7,10-15,30H,5,8-9,17,36H2,1-3H3. The highest BCUT2D eigenvalue weighted by Gasteiger charge is 2.41. The van der Waals surface area contributed by atoms with E-state index in [0.29, 0.717) is 39.2 Å². The quantitative estimate of drug-likeness (QED) is 0.310. The summed E-state index contributed by atoms with van der Waals surface area (Å²) in [6, 6.07) is 20.1. The Morgan fingerprint density at radius 3 is 2.59 bits per heavy atom. The molecule has 0 saturated heterocycles. The van der Waals surface area contributed by atoms with Crippen LogP contribution < -0.4 is 10.6 Å². The van der Waals surface area contributed by atoms with E-state index < -0.39 is 5.92 Å². The average Bonchev–Trinajstić information content (AvgIpc) is 2.90. The van der Waals surface area contributed by atoms with Crippen LogP contribution in [0, 0.1) is 32.1 Å². The Labute approximate surface area is 244 Å². The number of allylic oxidation sites excluding steroid dienone is 3. The molecule has 3 aromatic carbocycles. The maximum Gasteiger partial charge on any atom is 0.161 e. The van der Waals surface area contributed by atoms with E-state index in [1.807, 2.05) is 49.1 Å². The van der Waals surface area contributed by atoms with Crippen molar-refractivity contribution in [3.05, 3.63) is 115 Å². The van der Waals surface area contributed by atoms with Crippen LogP contribution in [0.3, 0.4) is 0 Å². The molecular weight excluding hydrogens is 545 g/mol. The van der Waals surface area contributed by atoms with E-state index in [1.165, 1.54) is 0 Å². The van der Waals surface area contributed by atoms with Crippen molar-refractivity contribution >= 4 is 46.4 Å². The Bertz CT molecular complexity index is 1600. The van der Waals surface area contributed by atoms with E-state index in [0.717, 1.165) is 56.9 Å². The van der Waals surface area contributed by atoms with Crippen LogP contribution in [0.15, 0.2) is 82.2 Å². The summed E-state index contributed by atoms with van der Waals surface area (Å²) in [6.07, 6.45) is 1.96. The van der Waals surface area contributed by atoms with Crippen LogP contribution in [0.2, 0.25) is 10.0 Å². The molecule has 0 amide bonds. The molecule has 0 radical (unpaired) electrons. The summed E-state index contributed by atoms with van der Waals surface area (Å²) in [6.45, 7) is 6.13. The molecule has 4 nitrogen and oxygen atoms in total. The number of benzene rings is 3. The first-order chi connectivity index (χ1) is 18.7. The predicted molar refractivity (Wildman–Crippen MR) is 161 cm³/mol. The lowest BCUT2D eigenvalue weighted by atomic mass is 9.73. The van der Waals surface area contributed by atoms with Crippen molar-refractivity contribution < 1.29 is 4.79 Å². The largest absolute Gasteiger partial charge is 0.384 e. The number of carbonyl (C=O) groups excluding carboxylic acids is 1. The zero-order chi connectivity index (χ0) is 27.8. The van der Waals surface area contributed by atoms with Gasteiger partial charge >= 0.3 is 0 Å². The number of hydrogen-bond donors (Lipinski definition) is 1. The van der Waals surface area contributed by atoms with Crippen molar-refractivity contribution in [2.24, 2.45) is 5.73 Å². The molecule has 0 saturated carbocycles. The van der Waals surface area contributed by atoms with Crippen LogP contribution in [0.1, 0.15) is 53.0 Å². The first kappa shape index (κ1) is 27.4. The number of aryl methyl sites for hydroxylation is 2. The van der Waals surface area contributed by atoms with Crippen molar-refractivity contribution in [2.45, 2.75) is 56.6 Å². The Morgan fingerprint density at radius 2 is 1.85 bits per heavy atom. The highest BCUT2D eigenvalue weighted by atomic mass is 35.5. The van der Waals surface area contributed by atoms with Gasteiger partial charge < -0.3 is 5.73 Å². The van der Waals surface area contributed by atoms with Crippen molar-refractivity contribution in [1.29, 1.82) is 5.26 Å². The third-order valence-corrected chi connectivity index (χ3v) is 9.24. The number of carbonyl (C=O) groups is 1. The maximum absolute atomic E-state index is 13.6. The van der Waals surface area contributed by atoms with Gasteiger partial charge in [-0.15, -0.1) is 11.8 Å². The topological polar surface area (TPSA) is 70.1 Å². The van der Waals surface area contributed by atoms with Crippen molar-refractivity contribution in [1.82, 2.24) is 0 Å². The second-order valence-electron chi connectivity index (χ2n) is 10.2. The third kappa shape index (κ3) is 5.22. The fraction of sp³-hybridized carbons (Fsp3) is 0.250. The molecule has 0 bridgehead atoms. The second-order valence-corrected chi connectivity index (χ2v) is 12.0. The van der Waals surface area contributed by atoms with Gasteiger partial charge in [-0.05, 0) is 86.2 Å². The minimum absolute atomic E-state index is 0.0849. The van der Waals surface area contributed by atoms with Crippen molar-refractivity contribution in [2.75, 3.05) is 4.90 Å². The summed E-state index contributed by atoms with van der Waals surface area (Å²) in [5, 5.41) is 11.7. The molecule has 2 aliphatic rings. The molecule has 5 rings (SSSR count). The number of nitrogens with two attached hydrogens (primary N) is 1. The SMILES string of the molecule is Cc1cccc(N2C(N)=C(C#N)C(c3cc(C)cc(CSc4cc(Cl)ccc4Cl)c3C)C3=C2CCCC3=O)c1. The number of halogens is 2. The lowest BCUT2D eigenvalue weighted by molar-refractivity contribution is -0.116. The number of nitrogens with zero attached hydrogens (tertiary/aromatic N) is 2. The average molecular weight is 575 g/mol. The zero-order valence-corrected chi connectivity index (χ0v) is 24.5. The van der Waals surface area contributed by atoms with Gasteiger partial charge in [-0.25, -0.2) is 0 Å². The van der Waals surface area contributed by atoms with Gasteiger partial charge in [0.25, 0.3) is 0 Å². The van der Waals surface area contributed by atoms with Gasteiger partial charge in [0.1, 0.15) is 5.82 Å². The predicted octanol–water partition coefficient (Wildman–Crippen LogP) is 8.52. The number of anilines is 1. The molecule has 1 unspecified atom stereocenters. The number of ketones is 1. The minimum atomic E-state index is -0.503. The molecule has 3 aromatic rings. The lowest BCUT2D eigenvalue weighted by Crippen LogP contribution is -2.39. The molecular formula is C32H29Cl2N3OS. The van der Waals surface area contributed by atoms with Gasteiger partial charge in [0.15, 0.2) is 5.78 Å². The number of hydrogen-bond acceptors (Lipinski definition) is 5. The number of rotatable bonds is 5. The van der Waals surface area contributed by atoms with Gasteiger partial charge in [0.05, 0.1) is 22.6 Å². The molecule has 1 heterocycles. The second kappa shape index (κ2) is 11.1. The molecule has 1 aliphatic heterocycles. The minimum Gasteiger partial charge on any atom is -0.384 e. The molecule has 1 atom stereocenters. The van der Waals surface area contributed by atoms with E-state index in [4.69, 9.17) is 28.9 Å². The van der Waals surface area contributed by atoms with E-state index in [2.05, 4.69) is 25.1 Å². The molecule has 0 aromatic heterocycles. The highest BCUT2D eigenvalue weighted by Crippen LogP contribution is 2.48. The smallest absolute Gasteiger partial charge is 0.161 e. The van der Waals surface area contributed by atoms with Crippen LogP contribution >= 0.6 is 35.0 Å².